The molecule has 5 heteroatoms. The lowest BCUT2D eigenvalue weighted by molar-refractivity contribution is -0.131. The van der Waals surface area contributed by atoms with E-state index >= 15 is 0 Å². The number of hydrogen-bond donors (Lipinski definition) is 2. The van der Waals surface area contributed by atoms with E-state index in [2.05, 4.69) is 21.2 Å². The quantitative estimate of drug-likeness (QED) is 0.824. The summed E-state index contributed by atoms with van der Waals surface area (Å²) < 4.78 is 0.813. The van der Waals surface area contributed by atoms with Gasteiger partial charge in [-0.15, -0.1) is 0 Å². The Morgan fingerprint density at radius 2 is 2.33 bits per heavy atom. The van der Waals surface area contributed by atoms with Gasteiger partial charge in [0, 0.05) is 16.7 Å². The minimum absolute atomic E-state index is 0.452. The van der Waals surface area contributed by atoms with Gasteiger partial charge in [0.1, 0.15) is 6.07 Å². The van der Waals surface area contributed by atoms with Gasteiger partial charge in [0.2, 0.25) is 0 Å². The van der Waals surface area contributed by atoms with Crippen molar-refractivity contribution in [3.63, 3.8) is 0 Å². The van der Waals surface area contributed by atoms with Crippen molar-refractivity contribution in [1.29, 1.82) is 5.26 Å². The monoisotopic (exact) mass is 266 g/mol. The molecule has 0 aliphatic carbocycles. The lowest BCUT2D eigenvalue weighted by atomic mass is 10.2. The molecular weight excluding hydrogens is 260 g/mol. The van der Waals surface area contributed by atoms with Gasteiger partial charge in [-0.05, 0) is 18.2 Å². The highest BCUT2D eigenvalue weighted by molar-refractivity contribution is 9.10. The van der Waals surface area contributed by atoms with E-state index in [-0.39, 0.29) is 0 Å². The van der Waals surface area contributed by atoms with Gasteiger partial charge >= 0.3 is 5.97 Å². The average Bonchev–Trinajstić information content (AvgIpc) is 2.17. The van der Waals surface area contributed by atoms with E-state index in [1.54, 1.807) is 18.2 Å². The van der Waals surface area contributed by atoms with Crippen molar-refractivity contribution in [2.75, 3.05) is 5.32 Å². The summed E-state index contributed by atoms with van der Waals surface area (Å²) in [5.74, 6) is -1.05. The Bertz CT molecular complexity index is 449. The first-order valence-electron chi connectivity index (χ1n) is 3.99. The van der Waals surface area contributed by atoms with Crippen LogP contribution < -0.4 is 5.32 Å². The van der Waals surface area contributed by atoms with Crippen LogP contribution in [0, 0.1) is 11.3 Å². The molecule has 0 amide bonds. The van der Waals surface area contributed by atoms with E-state index in [4.69, 9.17) is 10.4 Å². The third kappa shape index (κ3) is 3.44. The van der Waals surface area contributed by atoms with E-state index in [9.17, 15) is 4.79 Å². The lowest BCUT2D eigenvalue weighted by Crippen LogP contribution is -1.94. The molecule has 0 saturated carbocycles. The molecule has 0 radical (unpaired) electrons. The molecule has 2 N–H and O–H groups in total. The molecule has 1 aromatic rings. The molecule has 0 spiro atoms. The minimum Gasteiger partial charge on any atom is -0.478 e. The number of benzene rings is 1. The number of halogens is 1. The fourth-order valence-electron chi connectivity index (χ4n) is 0.936. The van der Waals surface area contributed by atoms with Gasteiger partial charge < -0.3 is 10.4 Å². The van der Waals surface area contributed by atoms with Gasteiger partial charge in [-0.25, -0.2) is 4.79 Å². The van der Waals surface area contributed by atoms with Crippen LogP contribution >= 0.6 is 15.9 Å². The van der Waals surface area contributed by atoms with Crippen LogP contribution in [-0.4, -0.2) is 11.1 Å². The number of aliphatic carboxylic acids is 1. The van der Waals surface area contributed by atoms with Crippen LogP contribution in [0.1, 0.15) is 5.56 Å². The topological polar surface area (TPSA) is 73.1 Å². The second kappa shape index (κ2) is 5.17. The van der Waals surface area contributed by atoms with Gasteiger partial charge in [0.05, 0.1) is 11.3 Å². The third-order valence-corrected chi connectivity index (χ3v) is 2.06. The SMILES string of the molecule is N#Cc1ccc(Br)cc1N/C=C/C(=O)O. The molecule has 0 aromatic heterocycles. The molecular formula is C10H7BrN2O2. The Morgan fingerprint density at radius 1 is 1.60 bits per heavy atom. The third-order valence-electron chi connectivity index (χ3n) is 1.57. The maximum absolute atomic E-state index is 10.2. The van der Waals surface area contributed by atoms with Crippen molar-refractivity contribution in [2.45, 2.75) is 0 Å². The molecule has 0 atom stereocenters. The molecule has 0 heterocycles. The summed E-state index contributed by atoms with van der Waals surface area (Å²) >= 11 is 3.26. The first-order chi connectivity index (χ1) is 7.13. The molecule has 0 saturated heterocycles. The van der Waals surface area contributed by atoms with Crippen LogP contribution in [0.5, 0.6) is 0 Å². The Balaban J connectivity index is 2.89. The number of nitrogens with zero attached hydrogens (tertiary/aromatic N) is 1. The summed E-state index contributed by atoms with van der Waals surface area (Å²) in [6, 6.07) is 7.08. The molecule has 0 aliphatic rings. The fraction of sp³-hybridized carbons (Fsp3) is 0. The molecule has 1 aromatic carbocycles. The van der Waals surface area contributed by atoms with Crippen LogP contribution in [0.25, 0.3) is 0 Å². The molecule has 0 unspecified atom stereocenters. The van der Waals surface area contributed by atoms with Crippen LogP contribution in [0.4, 0.5) is 5.69 Å². The Labute approximate surface area is 95.0 Å². The normalized spacial score (nSPS) is 9.87. The first kappa shape index (κ1) is 11.3. The van der Waals surface area contributed by atoms with Crippen LogP contribution in [0.2, 0.25) is 0 Å². The van der Waals surface area contributed by atoms with Crippen molar-refractivity contribution in [2.24, 2.45) is 0 Å². The zero-order valence-corrected chi connectivity index (χ0v) is 9.15. The molecule has 1 rings (SSSR count). The number of nitriles is 1. The summed E-state index contributed by atoms with van der Waals surface area (Å²) in [6.45, 7) is 0. The summed E-state index contributed by atoms with van der Waals surface area (Å²) in [4.78, 5) is 10.2. The first-order valence-corrected chi connectivity index (χ1v) is 4.78. The van der Waals surface area contributed by atoms with Crippen molar-refractivity contribution in [3.05, 3.63) is 40.5 Å². The largest absolute Gasteiger partial charge is 0.478 e. The molecule has 76 valence electrons. The highest BCUT2D eigenvalue weighted by Gasteiger charge is 2.00. The summed E-state index contributed by atoms with van der Waals surface area (Å²) in [6.07, 6.45) is 2.23. The zero-order chi connectivity index (χ0) is 11.3. The number of carbonyl (C=O) groups is 1. The van der Waals surface area contributed by atoms with E-state index < -0.39 is 5.97 Å². The number of anilines is 1. The summed E-state index contributed by atoms with van der Waals surface area (Å²) in [5.41, 5.74) is 1.01. The highest BCUT2D eigenvalue weighted by Crippen LogP contribution is 2.20. The average molecular weight is 267 g/mol. The Kier molecular flexibility index (Phi) is 3.89. The van der Waals surface area contributed by atoms with E-state index in [1.165, 1.54) is 6.20 Å². The van der Waals surface area contributed by atoms with Gasteiger partial charge in [0.25, 0.3) is 0 Å². The van der Waals surface area contributed by atoms with E-state index in [0.717, 1.165) is 10.5 Å². The lowest BCUT2D eigenvalue weighted by Gasteiger charge is -2.03. The van der Waals surface area contributed by atoms with Crippen molar-refractivity contribution in [3.8, 4) is 6.07 Å². The van der Waals surface area contributed by atoms with E-state index in [0.29, 0.717) is 11.3 Å². The van der Waals surface area contributed by atoms with Crippen molar-refractivity contribution >= 4 is 27.6 Å². The van der Waals surface area contributed by atoms with E-state index in [1.807, 2.05) is 6.07 Å². The predicted molar refractivity (Wildman–Crippen MR) is 59.3 cm³/mol. The second-order valence-electron chi connectivity index (χ2n) is 2.62. The Hall–Kier alpha value is -1.80. The number of carboxylic acid groups (broad SMARTS) is 1. The molecule has 0 bridgehead atoms. The molecule has 0 fully saturated rings. The molecule has 15 heavy (non-hydrogen) atoms. The highest BCUT2D eigenvalue weighted by atomic mass is 79.9. The second-order valence-corrected chi connectivity index (χ2v) is 3.53. The minimum atomic E-state index is -1.05. The van der Waals surface area contributed by atoms with Gasteiger partial charge in [0.15, 0.2) is 0 Å². The van der Waals surface area contributed by atoms with Gasteiger partial charge in [-0.3, -0.25) is 0 Å². The maximum atomic E-state index is 10.2. The van der Waals surface area contributed by atoms with Crippen molar-refractivity contribution in [1.82, 2.24) is 0 Å². The summed E-state index contributed by atoms with van der Waals surface area (Å²) in [5, 5.41) is 19.9. The molecule has 4 nitrogen and oxygen atoms in total. The standard InChI is InChI=1S/C10H7BrN2O2/c11-8-2-1-7(6-12)9(5-8)13-4-3-10(14)15/h1-5,13H,(H,14,15)/b4-3+. The summed E-state index contributed by atoms with van der Waals surface area (Å²) in [7, 11) is 0. The smallest absolute Gasteiger partial charge is 0.329 e. The van der Waals surface area contributed by atoms with Crippen LogP contribution in [0.3, 0.4) is 0 Å². The fourth-order valence-corrected chi connectivity index (χ4v) is 1.30. The zero-order valence-electron chi connectivity index (χ0n) is 7.57. The number of carboxylic acids is 1. The van der Waals surface area contributed by atoms with Gasteiger partial charge in [-0.1, -0.05) is 15.9 Å². The Morgan fingerprint density at radius 3 is 2.93 bits per heavy atom. The maximum Gasteiger partial charge on any atom is 0.329 e. The van der Waals surface area contributed by atoms with Crippen LogP contribution in [-0.2, 0) is 4.79 Å². The van der Waals surface area contributed by atoms with Crippen LogP contribution in [0.15, 0.2) is 34.9 Å². The number of nitrogens with one attached hydrogen (secondary N) is 1. The van der Waals surface area contributed by atoms with Gasteiger partial charge in [-0.2, -0.15) is 5.26 Å². The number of rotatable bonds is 3. The van der Waals surface area contributed by atoms with Crippen molar-refractivity contribution < 1.29 is 9.90 Å². The number of hydrogen-bond acceptors (Lipinski definition) is 3. The molecule has 0 aliphatic heterocycles. The predicted octanol–water partition coefficient (Wildman–Crippen LogP) is 2.33.